The van der Waals surface area contributed by atoms with E-state index in [0.29, 0.717) is 0 Å². The van der Waals surface area contributed by atoms with Gasteiger partial charge in [0.2, 0.25) is 0 Å². The molecule has 0 aliphatic heterocycles. The maximum Gasteiger partial charge on any atom is 0.110 e. The Morgan fingerprint density at radius 3 is 1.73 bits per heavy atom. The Bertz CT molecular complexity index is 105. The Balaban J connectivity index is 3.90. The van der Waals surface area contributed by atoms with Gasteiger partial charge in [-0.3, -0.25) is 0 Å². The smallest absolute Gasteiger partial charge is 0.110 e. The number of rotatable bonds is 4. The third-order valence-corrected chi connectivity index (χ3v) is 1.43. The molecule has 0 fully saturated rings. The van der Waals surface area contributed by atoms with Crippen LogP contribution < -0.4 is 0 Å². The van der Waals surface area contributed by atoms with Crippen molar-refractivity contribution in [2.24, 2.45) is 0 Å². The van der Waals surface area contributed by atoms with Crippen molar-refractivity contribution >= 4 is 0 Å². The molecule has 5 nitrogen and oxygen atoms in total. The fraction of sp³-hybridized carbons (Fsp3) is 1.00. The molecule has 0 aromatic carbocycles. The minimum absolute atomic E-state index is 0.648. The van der Waals surface area contributed by atoms with E-state index in [1.807, 2.05) is 0 Å². The summed E-state index contributed by atoms with van der Waals surface area (Å²) in [5.41, 5.74) is 0. The molecular formula is C6H14O5. The molecule has 11 heavy (non-hydrogen) atoms. The van der Waals surface area contributed by atoms with Gasteiger partial charge in [-0.15, -0.1) is 0 Å². The summed E-state index contributed by atoms with van der Waals surface area (Å²) in [6.07, 6.45) is -5.50. The van der Waals surface area contributed by atoms with E-state index >= 15 is 0 Å². The Kier molecular flexibility index (Phi) is 4.55. The first-order valence-electron chi connectivity index (χ1n) is 3.33. The molecule has 68 valence electrons. The third-order valence-electron chi connectivity index (χ3n) is 1.43. The van der Waals surface area contributed by atoms with Crippen molar-refractivity contribution in [3.05, 3.63) is 0 Å². The standard InChI is InChI=1S/C6H14O5/c1-3(8)5(10)6(11)4(9)2-7/h3-11H,2H2,1H3/t3-,4-,5+,6+/m1/s1. The van der Waals surface area contributed by atoms with Crippen LogP contribution in [0.1, 0.15) is 6.92 Å². The van der Waals surface area contributed by atoms with Gasteiger partial charge < -0.3 is 25.5 Å². The van der Waals surface area contributed by atoms with Crippen LogP contribution in [0.3, 0.4) is 0 Å². The molecule has 0 rings (SSSR count). The van der Waals surface area contributed by atoms with Crippen LogP contribution in [0.5, 0.6) is 0 Å². The van der Waals surface area contributed by atoms with Crippen LogP contribution in [0.2, 0.25) is 0 Å². The predicted molar refractivity (Wildman–Crippen MR) is 36.8 cm³/mol. The summed E-state index contributed by atoms with van der Waals surface area (Å²) in [5.74, 6) is 0. The average molecular weight is 166 g/mol. The lowest BCUT2D eigenvalue weighted by atomic mass is 10.1. The van der Waals surface area contributed by atoms with Gasteiger partial charge >= 0.3 is 0 Å². The number of hydrogen-bond acceptors (Lipinski definition) is 5. The molecule has 0 bridgehead atoms. The average Bonchev–Trinajstić information content (AvgIpc) is 2.00. The monoisotopic (exact) mass is 166 g/mol. The van der Waals surface area contributed by atoms with Gasteiger partial charge in [-0.2, -0.15) is 0 Å². The first-order valence-corrected chi connectivity index (χ1v) is 3.33. The van der Waals surface area contributed by atoms with E-state index in [2.05, 4.69) is 0 Å². The molecule has 0 aliphatic carbocycles. The highest BCUT2D eigenvalue weighted by Crippen LogP contribution is 2.03. The zero-order chi connectivity index (χ0) is 9.02. The zero-order valence-electron chi connectivity index (χ0n) is 6.25. The molecule has 0 saturated heterocycles. The molecule has 0 spiro atoms. The lowest BCUT2D eigenvalue weighted by molar-refractivity contribution is -0.110. The molecule has 0 heterocycles. The van der Waals surface area contributed by atoms with E-state index < -0.39 is 31.0 Å². The van der Waals surface area contributed by atoms with E-state index in [1.54, 1.807) is 0 Å². The molecule has 0 aromatic rings. The summed E-state index contributed by atoms with van der Waals surface area (Å²) in [7, 11) is 0. The second-order valence-corrected chi connectivity index (χ2v) is 2.47. The van der Waals surface area contributed by atoms with Gasteiger partial charge in [-0.05, 0) is 6.92 Å². The van der Waals surface area contributed by atoms with Crippen LogP contribution >= 0.6 is 0 Å². The van der Waals surface area contributed by atoms with Gasteiger partial charge in [0, 0.05) is 0 Å². The quantitative estimate of drug-likeness (QED) is 0.316. The highest BCUT2D eigenvalue weighted by atomic mass is 16.4. The van der Waals surface area contributed by atoms with E-state index in [1.165, 1.54) is 6.92 Å². The van der Waals surface area contributed by atoms with Crippen molar-refractivity contribution in [3.8, 4) is 0 Å². The Morgan fingerprint density at radius 2 is 1.45 bits per heavy atom. The van der Waals surface area contributed by atoms with Crippen LogP contribution in [0.25, 0.3) is 0 Å². The van der Waals surface area contributed by atoms with Crippen LogP contribution in [0, 0.1) is 0 Å². The second-order valence-electron chi connectivity index (χ2n) is 2.47. The van der Waals surface area contributed by atoms with Crippen LogP contribution in [-0.4, -0.2) is 56.6 Å². The molecule has 0 aromatic heterocycles. The van der Waals surface area contributed by atoms with Crippen molar-refractivity contribution < 1.29 is 25.5 Å². The summed E-state index contributed by atoms with van der Waals surface area (Å²) < 4.78 is 0. The molecule has 5 heteroatoms. The maximum absolute atomic E-state index is 8.94. The largest absolute Gasteiger partial charge is 0.394 e. The summed E-state index contributed by atoms with van der Waals surface area (Å²) in [6, 6.07) is 0. The minimum atomic E-state index is -1.51. The van der Waals surface area contributed by atoms with Crippen LogP contribution in [0.15, 0.2) is 0 Å². The first kappa shape index (κ1) is 10.8. The first-order chi connectivity index (χ1) is 5.00. The highest BCUT2D eigenvalue weighted by molar-refractivity contribution is 4.77. The van der Waals surface area contributed by atoms with E-state index in [-0.39, 0.29) is 0 Å². The summed E-state index contributed by atoms with van der Waals surface area (Å²) >= 11 is 0. The van der Waals surface area contributed by atoms with Crippen molar-refractivity contribution in [2.75, 3.05) is 6.61 Å². The van der Waals surface area contributed by atoms with Crippen molar-refractivity contribution in [1.82, 2.24) is 0 Å². The number of aliphatic hydroxyl groups is 5. The van der Waals surface area contributed by atoms with Gasteiger partial charge in [0.1, 0.15) is 18.3 Å². The lowest BCUT2D eigenvalue weighted by Gasteiger charge is -2.23. The molecule has 0 saturated carbocycles. The van der Waals surface area contributed by atoms with E-state index in [0.717, 1.165) is 0 Å². The van der Waals surface area contributed by atoms with E-state index in [9.17, 15) is 0 Å². The van der Waals surface area contributed by atoms with Crippen molar-refractivity contribution in [2.45, 2.75) is 31.3 Å². The Hall–Kier alpha value is -0.200. The topological polar surface area (TPSA) is 101 Å². The molecular weight excluding hydrogens is 152 g/mol. The summed E-state index contributed by atoms with van der Waals surface area (Å²) in [6.45, 7) is 0.628. The molecule has 0 unspecified atom stereocenters. The summed E-state index contributed by atoms with van der Waals surface area (Å²) in [5, 5.41) is 43.7. The Labute approximate surface area is 64.5 Å². The normalized spacial score (nSPS) is 22.4. The predicted octanol–water partition coefficient (Wildman–Crippen LogP) is -2.56. The van der Waals surface area contributed by atoms with Gasteiger partial charge in [0.25, 0.3) is 0 Å². The van der Waals surface area contributed by atoms with Gasteiger partial charge in [0.05, 0.1) is 12.7 Å². The fourth-order valence-corrected chi connectivity index (χ4v) is 0.621. The molecule has 0 aliphatic rings. The number of aliphatic hydroxyl groups excluding tert-OH is 5. The lowest BCUT2D eigenvalue weighted by Crippen LogP contribution is -2.44. The van der Waals surface area contributed by atoms with E-state index in [4.69, 9.17) is 25.5 Å². The molecule has 4 atom stereocenters. The third kappa shape index (κ3) is 3.13. The van der Waals surface area contributed by atoms with Gasteiger partial charge in [0.15, 0.2) is 0 Å². The fourth-order valence-electron chi connectivity index (χ4n) is 0.621. The van der Waals surface area contributed by atoms with Gasteiger partial charge in [-0.25, -0.2) is 0 Å². The van der Waals surface area contributed by atoms with Crippen molar-refractivity contribution in [1.29, 1.82) is 0 Å². The summed E-state index contributed by atoms with van der Waals surface area (Å²) in [4.78, 5) is 0. The Morgan fingerprint density at radius 1 is 1.00 bits per heavy atom. The van der Waals surface area contributed by atoms with Crippen LogP contribution in [0.4, 0.5) is 0 Å². The van der Waals surface area contributed by atoms with Crippen molar-refractivity contribution in [3.63, 3.8) is 0 Å². The number of hydrogen-bond donors (Lipinski definition) is 5. The van der Waals surface area contributed by atoms with Crippen LogP contribution in [-0.2, 0) is 0 Å². The highest BCUT2D eigenvalue weighted by Gasteiger charge is 2.27. The SMILES string of the molecule is C[C@@H](O)[C@H](O)[C@@H](O)[C@H](O)CO. The zero-order valence-corrected chi connectivity index (χ0v) is 6.25. The molecule has 5 N–H and O–H groups in total. The second kappa shape index (κ2) is 4.63. The molecule has 0 radical (unpaired) electrons. The van der Waals surface area contributed by atoms with Gasteiger partial charge in [-0.1, -0.05) is 0 Å². The maximum atomic E-state index is 8.94. The molecule has 0 amide bonds. The minimum Gasteiger partial charge on any atom is -0.394 e.